The first kappa shape index (κ1) is 14.8. The molecule has 110 valence electrons. The molecule has 3 N–H and O–H groups in total. The average molecular weight is 296 g/mol. The molecule has 2 amide bonds. The number of anilines is 1. The first-order chi connectivity index (χ1) is 9.22. The third-order valence-electron chi connectivity index (χ3n) is 4.05. The highest BCUT2D eigenvalue weighted by Crippen LogP contribution is 2.50. The molecule has 1 atom stereocenters. The number of carbonyl (C=O) groups is 2. The largest absolute Gasteiger partial charge is 0.478 e. The van der Waals surface area contributed by atoms with Crippen molar-refractivity contribution in [2.24, 2.45) is 11.3 Å². The first-order valence-electron chi connectivity index (χ1n) is 6.60. The second-order valence-electron chi connectivity index (χ2n) is 6.02. The van der Waals surface area contributed by atoms with Crippen LogP contribution in [0, 0.1) is 25.2 Å². The number of aryl methyl sites for hydroxylation is 1. The molecule has 0 saturated heterocycles. The molecule has 5 nitrogen and oxygen atoms in total. The van der Waals surface area contributed by atoms with Crippen LogP contribution in [0.25, 0.3) is 0 Å². The highest BCUT2D eigenvalue weighted by atomic mass is 32.1. The summed E-state index contributed by atoms with van der Waals surface area (Å²) >= 11 is 1.29. The fourth-order valence-electron chi connectivity index (χ4n) is 2.26. The topological polar surface area (TPSA) is 78.4 Å². The smallest absolute Gasteiger partial charge is 0.338 e. The van der Waals surface area contributed by atoms with Crippen LogP contribution in [0.1, 0.15) is 41.1 Å². The van der Waals surface area contributed by atoms with Gasteiger partial charge in [-0.1, -0.05) is 13.8 Å². The molecule has 0 bridgehead atoms. The summed E-state index contributed by atoms with van der Waals surface area (Å²) in [6, 6.07) is -0.337. The number of hydrogen-bond acceptors (Lipinski definition) is 3. The van der Waals surface area contributed by atoms with E-state index in [9.17, 15) is 14.7 Å². The Hall–Kier alpha value is -1.56. The highest BCUT2D eigenvalue weighted by Gasteiger charge is 2.45. The molecular formula is C14H20N2O3S. The van der Waals surface area contributed by atoms with E-state index in [2.05, 4.69) is 24.5 Å². The molecule has 1 aliphatic carbocycles. The summed E-state index contributed by atoms with van der Waals surface area (Å²) in [5.74, 6) is -0.496. The van der Waals surface area contributed by atoms with Crippen molar-refractivity contribution in [3.8, 4) is 0 Å². The van der Waals surface area contributed by atoms with E-state index in [4.69, 9.17) is 0 Å². The van der Waals surface area contributed by atoms with E-state index in [0.717, 1.165) is 11.3 Å². The van der Waals surface area contributed by atoms with Gasteiger partial charge in [0.15, 0.2) is 0 Å². The molecule has 1 fully saturated rings. The zero-order chi connectivity index (χ0) is 15.1. The van der Waals surface area contributed by atoms with Crippen molar-refractivity contribution in [3.63, 3.8) is 0 Å². The summed E-state index contributed by atoms with van der Waals surface area (Å²) in [5.41, 5.74) is 1.21. The number of urea groups is 1. The Kier molecular flexibility index (Phi) is 3.77. The van der Waals surface area contributed by atoms with Gasteiger partial charge >= 0.3 is 12.0 Å². The fourth-order valence-corrected chi connectivity index (χ4v) is 3.31. The van der Waals surface area contributed by atoms with Gasteiger partial charge in [0, 0.05) is 11.4 Å². The average Bonchev–Trinajstić information content (AvgIpc) is 2.83. The zero-order valence-electron chi connectivity index (χ0n) is 12.2. The minimum atomic E-state index is -1.01. The second-order valence-corrected chi connectivity index (χ2v) is 7.24. The van der Waals surface area contributed by atoms with Crippen molar-refractivity contribution in [2.45, 2.75) is 34.1 Å². The van der Waals surface area contributed by atoms with Crippen LogP contribution in [0.5, 0.6) is 0 Å². The molecule has 6 heteroatoms. The van der Waals surface area contributed by atoms with Crippen LogP contribution < -0.4 is 10.6 Å². The van der Waals surface area contributed by atoms with Crippen LogP contribution in [-0.4, -0.2) is 23.7 Å². The summed E-state index contributed by atoms with van der Waals surface area (Å²) < 4.78 is 0. The van der Waals surface area contributed by atoms with Gasteiger partial charge in [-0.2, -0.15) is 0 Å². The Morgan fingerprint density at radius 3 is 2.50 bits per heavy atom. The number of hydrogen-bond donors (Lipinski definition) is 3. The number of carbonyl (C=O) groups excluding carboxylic acids is 1. The Morgan fingerprint density at radius 2 is 2.00 bits per heavy atom. The zero-order valence-corrected chi connectivity index (χ0v) is 13.0. The SMILES string of the molecule is Cc1sc(NC(=O)NCC2CC2(C)C)c(C(=O)O)c1C. The molecule has 0 aromatic carbocycles. The summed E-state index contributed by atoms with van der Waals surface area (Å²) in [4.78, 5) is 24.0. The fraction of sp³-hybridized carbons (Fsp3) is 0.571. The third kappa shape index (κ3) is 2.95. The van der Waals surface area contributed by atoms with Gasteiger partial charge < -0.3 is 10.4 Å². The van der Waals surface area contributed by atoms with E-state index in [1.807, 2.05) is 6.92 Å². The number of carboxylic acids is 1. The lowest BCUT2D eigenvalue weighted by molar-refractivity contribution is 0.0697. The van der Waals surface area contributed by atoms with Crippen molar-refractivity contribution < 1.29 is 14.7 Å². The van der Waals surface area contributed by atoms with Crippen molar-refractivity contribution in [2.75, 3.05) is 11.9 Å². The molecular weight excluding hydrogens is 276 g/mol. The van der Waals surface area contributed by atoms with Crippen LogP contribution in [-0.2, 0) is 0 Å². The van der Waals surface area contributed by atoms with Gasteiger partial charge in [-0.05, 0) is 37.2 Å². The number of amides is 2. The number of carboxylic acid groups (broad SMARTS) is 1. The molecule has 0 radical (unpaired) electrons. The molecule has 1 unspecified atom stereocenters. The molecule has 1 aromatic rings. The van der Waals surface area contributed by atoms with Gasteiger partial charge in [0.2, 0.25) is 0 Å². The lowest BCUT2D eigenvalue weighted by Gasteiger charge is -2.08. The van der Waals surface area contributed by atoms with E-state index in [1.54, 1.807) is 6.92 Å². The summed E-state index contributed by atoms with van der Waals surface area (Å²) in [5, 5.41) is 15.1. The maximum atomic E-state index is 11.8. The lowest BCUT2D eigenvalue weighted by Crippen LogP contribution is -2.31. The maximum absolute atomic E-state index is 11.8. The highest BCUT2D eigenvalue weighted by molar-refractivity contribution is 7.16. The third-order valence-corrected chi connectivity index (χ3v) is 5.18. The second kappa shape index (κ2) is 5.09. The molecule has 1 saturated carbocycles. The lowest BCUT2D eigenvalue weighted by atomic mass is 10.1. The predicted molar refractivity (Wildman–Crippen MR) is 79.7 cm³/mol. The van der Waals surface area contributed by atoms with Crippen molar-refractivity contribution in [3.05, 3.63) is 16.0 Å². The number of nitrogens with one attached hydrogen (secondary N) is 2. The van der Waals surface area contributed by atoms with Crippen LogP contribution in [0.4, 0.5) is 9.80 Å². The molecule has 1 aliphatic rings. The van der Waals surface area contributed by atoms with E-state index >= 15 is 0 Å². The van der Waals surface area contributed by atoms with Gasteiger partial charge in [0.25, 0.3) is 0 Å². The first-order valence-corrected chi connectivity index (χ1v) is 7.42. The molecule has 1 aromatic heterocycles. The monoisotopic (exact) mass is 296 g/mol. The minimum Gasteiger partial charge on any atom is -0.478 e. The van der Waals surface area contributed by atoms with Gasteiger partial charge in [-0.15, -0.1) is 11.3 Å². The van der Waals surface area contributed by atoms with E-state index in [-0.39, 0.29) is 11.6 Å². The minimum absolute atomic E-state index is 0.189. The van der Waals surface area contributed by atoms with Crippen LogP contribution in [0.15, 0.2) is 0 Å². The number of rotatable bonds is 4. The van der Waals surface area contributed by atoms with Crippen molar-refractivity contribution >= 4 is 28.3 Å². The Balaban J connectivity index is 1.98. The van der Waals surface area contributed by atoms with Crippen LogP contribution >= 0.6 is 11.3 Å². The summed E-state index contributed by atoms with van der Waals surface area (Å²) in [6.45, 7) is 8.58. The Bertz CT molecular complexity index is 563. The summed E-state index contributed by atoms with van der Waals surface area (Å²) in [7, 11) is 0. The van der Waals surface area contributed by atoms with Gasteiger partial charge in [-0.25, -0.2) is 9.59 Å². The Morgan fingerprint density at radius 1 is 1.40 bits per heavy atom. The van der Waals surface area contributed by atoms with Crippen molar-refractivity contribution in [1.29, 1.82) is 0 Å². The predicted octanol–water partition coefficient (Wildman–Crippen LogP) is 3.23. The van der Waals surface area contributed by atoms with Crippen LogP contribution in [0.2, 0.25) is 0 Å². The van der Waals surface area contributed by atoms with E-state index in [1.165, 1.54) is 11.3 Å². The molecule has 1 heterocycles. The van der Waals surface area contributed by atoms with Crippen LogP contribution in [0.3, 0.4) is 0 Å². The number of aromatic carboxylic acids is 1. The van der Waals surface area contributed by atoms with E-state index < -0.39 is 5.97 Å². The van der Waals surface area contributed by atoms with Gasteiger partial charge in [-0.3, -0.25) is 5.32 Å². The van der Waals surface area contributed by atoms with Crippen molar-refractivity contribution in [1.82, 2.24) is 5.32 Å². The van der Waals surface area contributed by atoms with E-state index in [0.29, 0.717) is 28.4 Å². The molecule has 2 rings (SSSR count). The quantitative estimate of drug-likeness (QED) is 0.798. The standard InChI is InChI=1S/C14H20N2O3S/c1-7-8(2)20-11(10(7)12(17)18)16-13(19)15-6-9-5-14(9,3)4/h9H,5-6H2,1-4H3,(H,17,18)(H2,15,16,19). The summed E-state index contributed by atoms with van der Waals surface area (Å²) in [6.07, 6.45) is 1.12. The molecule has 0 spiro atoms. The van der Waals surface area contributed by atoms with Gasteiger partial charge in [0.1, 0.15) is 5.00 Å². The van der Waals surface area contributed by atoms with Gasteiger partial charge in [0.05, 0.1) is 5.56 Å². The number of thiophene rings is 1. The normalized spacial score (nSPS) is 19.5. The Labute approximate surface area is 122 Å². The maximum Gasteiger partial charge on any atom is 0.338 e. The molecule has 20 heavy (non-hydrogen) atoms. The molecule has 0 aliphatic heterocycles.